The van der Waals surface area contributed by atoms with Crippen molar-refractivity contribution < 1.29 is 22.1 Å². The molecule has 0 aliphatic carbocycles. The van der Waals surface area contributed by atoms with Gasteiger partial charge >= 0.3 is 10.1 Å². The summed E-state index contributed by atoms with van der Waals surface area (Å²) in [4.78, 5) is 15.0. The Morgan fingerprint density at radius 3 is 2.29 bits per heavy atom. The van der Waals surface area contributed by atoms with Crippen molar-refractivity contribution in [3.05, 3.63) is 59.7 Å². The molecule has 0 heterocycles. The minimum Gasteiger partial charge on any atom is -0.496 e. The second-order valence-electron chi connectivity index (χ2n) is 6.46. The normalized spacial score (nSPS) is 12.3. The van der Waals surface area contributed by atoms with Gasteiger partial charge in [-0.05, 0) is 50.1 Å². The molecule has 6 nitrogen and oxygen atoms in total. The van der Waals surface area contributed by atoms with Crippen LogP contribution in [0.3, 0.4) is 0 Å². The van der Waals surface area contributed by atoms with Gasteiger partial charge in [-0.15, -0.1) is 0 Å². The van der Waals surface area contributed by atoms with E-state index in [9.17, 15) is 13.2 Å². The highest BCUT2D eigenvalue weighted by Gasteiger charge is 2.23. The lowest BCUT2D eigenvalue weighted by Crippen LogP contribution is -2.38. The number of amides is 1. The number of methoxy groups -OCH3 is 1. The number of para-hydroxylation sites is 1. The highest BCUT2D eigenvalue weighted by Crippen LogP contribution is 2.23. The van der Waals surface area contributed by atoms with Crippen LogP contribution in [0.2, 0.25) is 0 Å². The standard InChI is InChI=1S/C21H27NO5S/c1-5-16(3)22(21(23)19-9-7-8-10-20(19)26-4)15-17-11-13-18(14-12-17)27-28(24,25)6-2/h7-14,16H,5-6,15H2,1-4H3/t16-/m1/s1. The first-order valence-electron chi connectivity index (χ1n) is 9.26. The summed E-state index contributed by atoms with van der Waals surface area (Å²) in [5.74, 6) is 0.594. The molecule has 2 aromatic rings. The van der Waals surface area contributed by atoms with E-state index >= 15 is 0 Å². The number of rotatable bonds is 9. The first-order chi connectivity index (χ1) is 13.3. The molecule has 1 atom stereocenters. The van der Waals surface area contributed by atoms with Crippen molar-refractivity contribution >= 4 is 16.0 Å². The van der Waals surface area contributed by atoms with E-state index in [1.165, 1.54) is 6.92 Å². The van der Waals surface area contributed by atoms with Gasteiger partial charge in [0, 0.05) is 12.6 Å². The third kappa shape index (κ3) is 5.48. The Kier molecular flexibility index (Phi) is 7.45. The molecule has 0 radical (unpaired) electrons. The molecular weight excluding hydrogens is 378 g/mol. The fraction of sp³-hybridized carbons (Fsp3) is 0.381. The maximum atomic E-state index is 13.2. The Morgan fingerprint density at radius 2 is 1.71 bits per heavy atom. The minimum atomic E-state index is -3.56. The van der Waals surface area contributed by atoms with Gasteiger partial charge in [0.15, 0.2) is 0 Å². The predicted molar refractivity (Wildman–Crippen MR) is 109 cm³/mol. The lowest BCUT2D eigenvalue weighted by atomic mass is 10.1. The molecule has 0 aliphatic heterocycles. The number of carbonyl (C=O) groups excluding carboxylic acids is 1. The van der Waals surface area contributed by atoms with Crippen LogP contribution < -0.4 is 8.92 Å². The summed E-state index contributed by atoms with van der Waals surface area (Å²) in [5.41, 5.74) is 1.39. The quantitative estimate of drug-likeness (QED) is 0.592. The SMILES string of the molecule is CC[C@@H](C)N(Cc1ccc(OS(=O)(=O)CC)cc1)C(=O)c1ccccc1OC. The van der Waals surface area contributed by atoms with E-state index in [2.05, 4.69) is 0 Å². The Bertz CT molecular complexity index is 893. The predicted octanol–water partition coefficient (Wildman–Crippen LogP) is 3.86. The van der Waals surface area contributed by atoms with Crippen molar-refractivity contribution in [3.8, 4) is 11.5 Å². The third-order valence-corrected chi connectivity index (χ3v) is 5.73. The fourth-order valence-electron chi connectivity index (χ4n) is 2.68. The van der Waals surface area contributed by atoms with Crippen LogP contribution in [0.15, 0.2) is 48.5 Å². The Balaban J connectivity index is 2.24. The number of hydrogen-bond acceptors (Lipinski definition) is 5. The van der Waals surface area contributed by atoms with Crippen LogP contribution in [0.25, 0.3) is 0 Å². The maximum absolute atomic E-state index is 13.2. The molecule has 0 unspecified atom stereocenters. The van der Waals surface area contributed by atoms with E-state index in [-0.39, 0.29) is 23.5 Å². The molecule has 2 rings (SSSR count). The van der Waals surface area contributed by atoms with E-state index in [4.69, 9.17) is 8.92 Å². The second kappa shape index (κ2) is 9.59. The Labute approximate surface area is 167 Å². The molecule has 0 N–H and O–H groups in total. The van der Waals surface area contributed by atoms with E-state index in [0.717, 1.165) is 12.0 Å². The van der Waals surface area contributed by atoms with Crippen LogP contribution in [0, 0.1) is 0 Å². The highest BCUT2D eigenvalue weighted by atomic mass is 32.2. The van der Waals surface area contributed by atoms with Crippen molar-refractivity contribution in [2.45, 2.75) is 39.8 Å². The monoisotopic (exact) mass is 405 g/mol. The summed E-state index contributed by atoms with van der Waals surface area (Å²) in [6, 6.07) is 13.9. The molecule has 0 bridgehead atoms. The second-order valence-corrected chi connectivity index (χ2v) is 8.32. The molecule has 0 saturated heterocycles. The van der Waals surface area contributed by atoms with Gasteiger partial charge in [0.1, 0.15) is 11.5 Å². The summed E-state index contributed by atoms with van der Waals surface area (Å²) in [7, 11) is -2.02. The van der Waals surface area contributed by atoms with Crippen LogP contribution in [-0.4, -0.2) is 38.1 Å². The molecule has 1 amide bonds. The average Bonchev–Trinajstić information content (AvgIpc) is 2.71. The van der Waals surface area contributed by atoms with E-state index < -0.39 is 10.1 Å². The van der Waals surface area contributed by atoms with Crippen LogP contribution in [0.5, 0.6) is 11.5 Å². The molecule has 0 aromatic heterocycles. The molecule has 0 aliphatic rings. The largest absolute Gasteiger partial charge is 0.496 e. The van der Waals surface area contributed by atoms with Gasteiger partial charge in [-0.25, -0.2) is 0 Å². The van der Waals surface area contributed by atoms with Gasteiger partial charge in [-0.1, -0.05) is 31.2 Å². The smallest absolute Gasteiger partial charge is 0.308 e. The summed E-state index contributed by atoms with van der Waals surface area (Å²) < 4.78 is 33.5. The first-order valence-corrected chi connectivity index (χ1v) is 10.8. The molecule has 2 aromatic carbocycles. The summed E-state index contributed by atoms with van der Waals surface area (Å²) >= 11 is 0. The van der Waals surface area contributed by atoms with Crippen molar-refractivity contribution in [3.63, 3.8) is 0 Å². The zero-order valence-corrected chi connectivity index (χ0v) is 17.5. The summed E-state index contributed by atoms with van der Waals surface area (Å²) in [6.45, 7) is 5.95. The third-order valence-electron chi connectivity index (χ3n) is 4.57. The van der Waals surface area contributed by atoms with Crippen molar-refractivity contribution in [1.29, 1.82) is 0 Å². The first kappa shape index (κ1) is 21.8. The summed E-state index contributed by atoms with van der Waals surface area (Å²) in [6.07, 6.45) is 0.802. The van der Waals surface area contributed by atoms with E-state index in [1.807, 2.05) is 26.0 Å². The Morgan fingerprint density at radius 1 is 1.07 bits per heavy atom. The average molecular weight is 406 g/mol. The van der Waals surface area contributed by atoms with Gasteiger partial charge in [-0.2, -0.15) is 8.42 Å². The van der Waals surface area contributed by atoms with Crippen molar-refractivity contribution in [2.75, 3.05) is 12.9 Å². The molecule has 0 spiro atoms. The van der Waals surface area contributed by atoms with Crippen LogP contribution in [0.1, 0.15) is 43.1 Å². The van der Waals surface area contributed by atoms with E-state index in [1.54, 1.807) is 48.4 Å². The maximum Gasteiger partial charge on any atom is 0.308 e. The molecular formula is C21H27NO5S. The molecule has 0 fully saturated rings. The molecule has 7 heteroatoms. The number of nitrogens with zero attached hydrogens (tertiary/aromatic N) is 1. The highest BCUT2D eigenvalue weighted by molar-refractivity contribution is 7.87. The summed E-state index contributed by atoms with van der Waals surface area (Å²) in [5, 5.41) is 0. The van der Waals surface area contributed by atoms with Crippen LogP contribution >= 0.6 is 0 Å². The van der Waals surface area contributed by atoms with Crippen LogP contribution in [0.4, 0.5) is 0 Å². The number of hydrogen-bond donors (Lipinski definition) is 0. The number of carbonyl (C=O) groups is 1. The Hall–Kier alpha value is -2.54. The zero-order valence-electron chi connectivity index (χ0n) is 16.7. The molecule has 152 valence electrons. The number of benzene rings is 2. The van der Waals surface area contributed by atoms with Gasteiger partial charge in [0.25, 0.3) is 5.91 Å². The van der Waals surface area contributed by atoms with Crippen LogP contribution in [-0.2, 0) is 16.7 Å². The topological polar surface area (TPSA) is 72.9 Å². The van der Waals surface area contributed by atoms with Gasteiger partial charge in [0.05, 0.1) is 18.4 Å². The van der Waals surface area contributed by atoms with Gasteiger partial charge in [0.2, 0.25) is 0 Å². The van der Waals surface area contributed by atoms with Gasteiger partial charge in [-0.3, -0.25) is 4.79 Å². The van der Waals surface area contributed by atoms with Gasteiger partial charge < -0.3 is 13.8 Å². The minimum absolute atomic E-state index is 0.0220. The number of ether oxygens (including phenoxy) is 1. The lowest BCUT2D eigenvalue weighted by Gasteiger charge is -2.29. The van der Waals surface area contributed by atoms with Crippen molar-refractivity contribution in [1.82, 2.24) is 4.90 Å². The molecule has 28 heavy (non-hydrogen) atoms. The molecule has 0 saturated carbocycles. The van der Waals surface area contributed by atoms with E-state index in [0.29, 0.717) is 17.9 Å². The van der Waals surface area contributed by atoms with Crippen molar-refractivity contribution in [2.24, 2.45) is 0 Å². The fourth-order valence-corrected chi connectivity index (χ4v) is 3.20. The lowest BCUT2D eigenvalue weighted by molar-refractivity contribution is 0.0668. The zero-order chi connectivity index (χ0) is 20.7.